The molecule has 8 heteroatoms. The molecule has 1 aromatic rings. The Hall–Kier alpha value is -1.70. The lowest BCUT2D eigenvalue weighted by atomic mass is 10.2. The summed E-state index contributed by atoms with van der Waals surface area (Å²) in [7, 11) is 0. The van der Waals surface area contributed by atoms with Crippen LogP contribution >= 0.6 is 12.4 Å². The molecule has 1 rings (SSSR count). The van der Waals surface area contributed by atoms with Crippen LogP contribution in [0.4, 0.5) is 4.39 Å². The molecule has 136 valence electrons. The Kier molecular flexibility index (Phi) is 10.2. The van der Waals surface area contributed by atoms with E-state index in [1.165, 1.54) is 18.2 Å². The molecule has 0 saturated carbocycles. The number of carbonyl (C=O) groups is 2. The average Bonchev–Trinajstić information content (AvgIpc) is 2.50. The molecule has 0 radical (unpaired) electrons. The number of halogens is 2. The number of aliphatic hydroxyl groups is 1. The first kappa shape index (κ1) is 22.3. The zero-order valence-electron chi connectivity index (χ0n) is 13.9. The molecule has 0 fully saturated rings. The maximum atomic E-state index is 13.4. The summed E-state index contributed by atoms with van der Waals surface area (Å²) in [5.74, 6) is -1.74. The lowest BCUT2D eigenvalue weighted by Crippen LogP contribution is -2.47. The molecule has 0 saturated heterocycles. The van der Waals surface area contributed by atoms with Gasteiger partial charge in [-0.05, 0) is 19.1 Å². The molecular weight excluding hydrogens is 339 g/mol. The van der Waals surface area contributed by atoms with Crippen molar-refractivity contribution >= 4 is 24.3 Å². The van der Waals surface area contributed by atoms with Gasteiger partial charge in [0.15, 0.2) is 0 Å². The molecule has 0 bridgehead atoms. The zero-order valence-corrected chi connectivity index (χ0v) is 14.7. The van der Waals surface area contributed by atoms with Crippen LogP contribution in [0.5, 0.6) is 0 Å². The Morgan fingerprint density at radius 1 is 1.25 bits per heavy atom. The summed E-state index contributed by atoms with van der Waals surface area (Å²) in [6.45, 7) is 5.13. The van der Waals surface area contributed by atoms with Gasteiger partial charge in [0.25, 0.3) is 0 Å². The first-order valence-corrected chi connectivity index (χ1v) is 7.44. The summed E-state index contributed by atoms with van der Waals surface area (Å²) in [4.78, 5) is 23.2. The fourth-order valence-corrected chi connectivity index (χ4v) is 1.68. The molecule has 24 heavy (non-hydrogen) atoms. The van der Waals surface area contributed by atoms with Crippen LogP contribution in [0.25, 0.3) is 0 Å². The monoisotopic (exact) mass is 362 g/mol. The van der Waals surface area contributed by atoms with Crippen molar-refractivity contribution in [3.8, 4) is 0 Å². The smallest absolute Gasteiger partial charge is 0.341 e. The Morgan fingerprint density at radius 3 is 2.46 bits per heavy atom. The van der Waals surface area contributed by atoms with E-state index in [0.29, 0.717) is 0 Å². The van der Waals surface area contributed by atoms with Gasteiger partial charge >= 0.3 is 5.97 Å². The molecule has 0 spiro atoms. The molecule has 2 unspecified atom stereocenters. The lowest BCUT2D eigenvalue weighted by molar-refractivity contribution is -0.124. The van der Waals surface area contributed by atoms with Crippen LogP contribution in [0.1, 0.15) is 31.1 Å². The third-order valence-electron chi connectivity index (χ3n) is 3.04. The van der Waals surface area contributed by atoms with Crippen molar-refractivity contribution in [2.24, 2.45) is 5.92 Å². The van der Waals surface area contributed by atoms with Crippen molar-refractivity contribution in [1.29, 1.82) is 0 Å². The first-order valence-electron chi connectivity index (χ1n) is 7.44. The van der Waals surface area contributed by atoms with Gasteiger partial charge in [-0.15, -0.1) is 12.4 Å². The zero-order chi connectivity index (χ0) is 17.4. The maximum absolute atomic E-state index is 13.4. The minimum absolute atomic E-state index is 0. The third kappa shape index (κ3) is 7.72. The molecule has 0 aliphatic carbocycles. The van der Waals surface area contributed by atoms with E-state index in [0.717, 1.165) is 6.07 Å². The first-order chi connectivity index (χ1) is 10.8. The second kappa shape index (κ2) is 11.0. The fourth-order valence-electron chi connectivity index (χ4n) is 1.68. The van der Waals surface area contributed by atoms with Crippen molar-refractivity contribution in [2.75, 3.05) is 13.2 Å². The van der Waals surface area contributed by atoms with Crippen LogP contribution in [0.15, 0.2) is 24.3 Å². The Labute approximate surface area is 147 Å². The van der Waals surface area contributed by atoms with Crippen LogP contribution in [-0.2, 0) is 9.53 Å². The van der Waals surface area contributed by atoms with Gasteiger partial charge in [0.05, 0.1) is 11.7 Å². The highest BCUT2D eigenvalue weighted by molar-refractivity contribution is 5.89. The predicted molar refractivity (Wildman–Crippen MR) is 90.4 cm³/mol. The third-order valence-corrected chi connectivity index (χ3v) is 3.04. The van der Waals surface area contributed by atoms with Gasteiger partial charge in [-0.3, -0.25) is 10.1 Å². The molecule has 3 N–H and O–H groups in total. The van der Waals surface area contributed by atoms with Crippen LogP contribution < -0.4 is 10.6 Å². The summed E-state index contributed by atoms with van der Waals surface area (Å²) in [5, 5.41) is 15.4. The second-order valence-corrected chi connectivity index (χ2v) is 5.53. The highest BCUT2D eigenvalue weighted by Gasteiger charge is 2.16. The van der Waals surface area contributed by atoms with Crippen molar-refractivity contribution in [1.82, 2.24) is 10.6 Å². The van der Waals surface area contributed by atoms with E-state index < -0.39 is 17.9 Å². The normalized spacial score (nSPS) is 12.9. The van der Waals surface area contributed by atoms with E-state index in [2.05, 4.69) is 10.6 Å². The molecule has 0 heterocycles. The number of amides is 1. The molecular formula is C16H24ClFN2O4. The van der Waals surface area contributed by atoms with Crippen molar-refractivity contribution in [2.45, 2.75) is 33.0 Å². The number of aliphatic hydroxyl groups excluding tert-OH is 1. The van der Waals surface area contributed by atoms with E-state index in [1.54, 1.807) is 20.8 Å². The lowest BCUT2D eigenvalue weighted by Gasteiger charge is -2.19. The van der Waals surface area contributed by atoms with Crippen molar-refractivity contribution in [3.05, 3.63) is 35.6 Å². The number of esters is 1. The van der Waals surface area contributed by atoms with Gasteiger partial charge in [0, 0.05) is 12.5 Å². The number of hydrogen-bond acceptors (Lipinski definition) is 5. The van der Waals surface area contributed by atoms with Gasteiger partial charge in [0.2, 0.25) is 5.91 Å². The second-order valence-electron chi connectivity index (χ2n) is 5.53. The summed E-state index contributed by atoms with van der Waals surface area (Å²) in [6, 6.07) is 5.47. The van der Waals surface area contributed by atoms with Crippen LogP contribution in [0.2, 0.25) is 0 Å². The summed E-state index contributed by atoms with van der Waals surface area (Å²) >= 11 is 0. The number of hydrogen-bond donors (Lipinski definition) is 3. The van der Waals surface area contributed by atoms with Gasteiger partial charge in [-0.1, -0.05) is 26.0 Å². The van der Waals surface area contributed by atoms with Gasteiger partial charge < -0.3 is 15.2 Å². The van der Waals surface area contributed by atoms with E-state index >= 15 is 0 Å². The summed E-state index contributed by atoms with van der Waals surface area (Å²) < 4.78 is 18.3. The standard InChI is InChI=1S/C16H23FN2O4.ClH/c1-10(2)15(21)19-11(3)18-8-12(20)9-23-16(22)13-6-4-5-7-14(13)17;/h4-7,10-12,18,20H,8-9H2,1-3H3,(H,19,21);1H. The molecule has 6 nitrogen and oxygen atoms in total. The van der Waals surface area contributed by atoms with Gasteiger partial charge in [0.1, 0.15) is 18.5 Å². The van der Waals surface area contributed by atoms with Crippen LogP contribution in [0.3, 0.4) is 0 Å². The summed E-state index contributed by atoms with van der Waals surface area (Å²) in [5.41, 5.74) is -0.176. The molecule has 1 aromatic carbocycles. The van der Waals surface area contributed by atoms with Crippen molar-refractivity contribution < 1.29 is 23.8 Å². The summed E-state index contributed by atoms with van der Waals surface area (Å²) in [6.07, 6.45) is -1.30. The number of nitrogens with one attached hydrogen (secondary N) is 2. The predicted octanol–water partition coefficient (Wildman–Crippen LogP) is 1.47. The molecule has 0 aliphatic heterocycles. The maximum Gasteiger partial charge on any atom is 0.341 e. The highest BCUT2D eigenvalue weighted by Crippen LogP contribution is 2.08. The quantitative estimate of drug-likeness (QED) is 0.481. The number of benzene rings is 1. The van der Waals surface area contributed by atoms with E-state index in [4.69, 9.17) is 4.74 Å². The number of ether oxygens (including phenoxy) is 1. The molecule has 0 aliphatic rings. The average molecular weight is 363 g/mol. The van der Waals surface area contributed by atoms with E-state index in [9.17, 15) is 19.1 Å². The SMILES string of the molecule is CC(NCC(O)COC(=O)c1ccccc1F)NC(=O)C(C)C.Cl. The Balaban J connectivity index is 0.00000529. The largest absolute Gasteiger partial charge is 0.459 e. The van der Waals surface area contributed by atoms with E-state index in [-0.39, 0.29) is 49.1 Å². The van der Waals surface area contributed by atoms with Gasteiger partial charge in [-0.25, -0.2) is 9.18 Å². The van der Waals surface area contributed by atoms with Crippen LogP contribution in [0, 0.1) is 11.7 Å². The number of rotatable bonds is 8. The Bertz CT molecular complexity index is 543. The van der Waals surface area contributed by atoms with Gasteiger partial charge in [-0.2, -0.15) is 0 Å². The van der Waals surface area contributed by atoms with Crippen LogP contribution in [-0.4, -0.2) is 42.4 Å². The highest BCUT2D eigenvalue weighted by atomic mass is 35.5. The molecule has 1 amide bonds. The van der Waals surface area contributed by atoms with E-state index in [1.807, 2.05) is 0 Å². The fraction of sp³-hybridized carbons (Fsp3) is 0.500. The van der Waals surface area contributed by atoms with Crippen molar-refractivity contribution in [3.63, 3.8) is 0 Å². The topological polar surface area (TPSA) is 87.7 Å². The number of carbonyl (C=O) groups excluding carboxylic acids is 2. The minimum atomic E-state index is -0.968. The molecule has 2 atom stereocenters. The molecule has 0 aromatic heterocycles. The Morgan fingerprint density at radius 2 is 1.88 bits per heavy atom. The minimum Gasteiger partial charge on any atom is -0.459 e.